The van der Waals surface area contributed by atoms with Crippen LogP contribution in [-0.2, 0) is 16.1 Å². The van der Waals surface area contributed by atoms with E-state index < -0.39 is 17.5 Å². The minimum Gasteiger partial charge on any atom is -0.460 e. The van der Waals surface area contributed by atoms with Gasteiger partial charge in [-0.3, -0.25) is 4.79 Å². The fraction of sp³-hybridized carbons (Fsp3) is 0.423. The molecule has 0 aliphatic carbocycles. The van der Waals surface area contributed by atoms with Gasteiger partial charge in [0, 0.05) is 36.4 Å². The SMILES string of the molecule is CN(CCC(=O)OC(C)(C)C)Cc1cc(F)cc(C(N)=NO)c1.NC(=NO)c1cccc(NCC(O)CO)c1. The van der Waals surface area contributed by atoms with Gasteiger partial charge in [0.05, 0.1) is 19.1 Å². The molecule has 12 nitrogen and oxygen atoms in total. The maximum atomic E-state index is 13.6. The first-order valence-corrected chi connectivity index (χ1v) is 12.1. The molecule has 0 aliphatic heterocycles. The van der Waals surface area contributed by atoms with E-state index >= 15 is 0 Å². The van der Waals surface area contributed by atoms with Gasteiger partial charge in [-0.2, -0.15) is 0 Å². The summed E-state index contributed by atoms with van der Waals surface area (Å²) < 4.78 is 18.8. The van der Waals surface area contributed by atoms with Crippen molar-refractivity contribution in [1.29, 1.82) is 0 Å². The largest absolute Gasteiger partial charge is 0.460 e. The Bertz CT molecular complexity index is 1120. The molecule has 0 fully saturated rings. The number of halogens is 1. The topological polar surface area (TPSA) is 199 Å². The van der Waals surface area contributed by atoms with Crippen molar-refractivity contribution in [3.05, 3.63) is 65.0 Å². The summed E-state index contributed by atoms with van der Waals surface area (Å²) in [7, 11) is 1.82. The van der Waals surface area contributed by atoms with Gasteiger partial charge in [0.25, 0.3) is 0 Å². The maximum Gasteiger partial charge on any atom is 0.307 e. The Morgan fingerprint density at radius 2 is 1.74 bits per heavy atom. The van der Waals surface area contributed by atoms with Crippen LogP contribution in [0.25, 0.3) is 0 Å². The van der Waals surface area contributed by atoms with E-state index in [2.05, 4.69) is 15.6 Å². The molecule has 0 aromatic heterocycles. The monoisotopic (exact) mass is 550 g/mol. The smallest absolute Gasteiger partial charge is 0.307 e. The Morgan fingerprint density at radius 3 is 2.33 bits per heavy atom. The second-order valence-electron chi connectivity index (χ2n) is 9.69. The first-order valence-electron chi connectivity index (χ1n) is 12.1. The van der Waals surface area contributed by atoms with Crippen molar-refractivity contribution in [2.75, 3.05) is 32.1 Å². The van der Waals surface area contributed by atoms with Gasteiger partial charge in [-0.05, 0) is 63.7 Å². The second kappa shape index (κ2) is 16.1. The number of nitrogens with zero attached hydrogens (tertiary/aromatic N) is 3. The summed E-state index contributed by atoms with van der Waals surface area (Å²) in [4.78, 5) is 13.6. The van der Waals surface area contributed by atoms with Gasteiger partial charge in [0.2, 0.25) is 0 Å². The van der Waals surface area contributed by atoms with Gasteiger partial charge in [-0.1, -0.05) is 22.4 Å². The Hall–Kier alpha value is -3.94. The van der Waals surface area contributed by atoms with E-state index in [4.69, 9.17) is 36.8 Å². The number of aliphatic hydroxyl groups excluding tert-OH is 2. The predicted molar refractivity (Wildman–Crippen MR) is 146 cm³/mol. The minimum absolute atomic E-state index is 0.0198. The molecule has 1 unspecified atom stereocenters. The molecule has 0 spiro atoms. The number of esters is 1. The van der Waals surface area contributed by atoms with Crippen molar-refractivity contribution in [1.82, 2.24) is 4.90 Å². The third-order valence-electron chi connectivity index (χ3n) is 4.95. The molecule has 2 rings (SSSR count). The van der Waals surface area contributed by atoms with Crippen LogP contribution < -0.4 is 16.8 Å². The quantitative estimate of drug-likeness (QED) is 0.0709. The van der Waals surface area contributed by atoms with Crippen LogP contribution in [0, 0.1) is 5.82 Å². The highest BCUT2D eigenvalue weighted by atomic mass is 19.1. The zero-order valence-corrected chi connectivity index (χ0v) is 22.6. The summed E-state index contributed by atoms with van der Waals surface area (Å²) >= 11 is 0. The van der Waals surface area contributed by atoms with Gasteiger partial charge >= 0.3 is 5.97 Å². The van der Waals surface area contributed by atoms with Crippen LogP contribution in [0.5, 0.6) is 0 Å². The molecule has 2 aromatic carbocycles. The molecule has 0 amide bonds. The van der Waals surface area contributed by atoms with Crippen molar-refractivity contribution >= 4 is 23.3 Å². The summed E-state index contributed by atoms with van der Waals surface area (Å²) in [6, 6.07) is 11.1. The van der Waals surface area contributed by atoms with Crippen molar-refractivity contribution in [2.24, 2.45) is 21.8 Å². The van der Waals surface area contributed by atoms with E-state index in [1.54, 1.807) is 30.3 Å². The fourth-order valence-corrected chi connectivity index (χ4v) is 3.16. The summed E-state index contributed by atoms with van der Waals surface area (Å²) in [5.74, 6) is -0.876. The van der Waals surface area contributed by atoms with E-state index in [0.29, 0.717) is 29.8 Å². The maximum absolute atomic E-state index is 13.6. The molecule has 13 heteroatoms. The molecular weight excluding hydrogens is 511 g/mol. The number of amidine groups is 2. The van der Waals surface area contributed by atoms with E-state index in [0.717, 1.165) is 5.69 Å². The number of anilines is 1. The third kappa shape index (κ3) is 13.4. The normalized spacial score (nSPS) is 12.9. The van der Waals surface area contributed by atoms with Crippen LogP contribution in [-0.4, -0.2) is 81.6 Å². The number of oxime groups is 2. The summed E-state index contributed by atoms with van der Waals surface area (Å²) in [5, 5.41) is 43.6. The number of carbonyl (C=O) groups is 1. The van der Waals surface area contributed by atoms with Crippen molar-refractivity contribution in [3.63, 3.8) is 0 Å². The number of hydrogen-bond acceptors (Lipinski definition) is 10. The average Bonchev–Trinajstić information content (AvgIpc) is 2.88. The lowest BCUT2D eigenvalue weighted by atomic mass is 10.1. The lowest BCUT2D eigenvalue weighted by Crippen LogP contribution is -2.27. The van der Waals surface area contributed by atoms with Crippen LogP contribution >= 0.6 is 0 Å². The molecule has 9 N–H and O–H groups in total. The average molecular weight is 551 g/mol. The second-order valence-corrected chi connectivity index (χ2v) is 9.69. The zero-order valence-electron chi connectivity index (χ0n) is 22.6. The Labute approximate surface area is 227 Å². The van der Waals surface area contributed by atoms with Gasteiger partial charge in [-0.15, -0.1) is 0 Å². The number of nitrogens with two attached hydrogens (primary N) is 2. The molecule has 216 valence electrons. The third-order valence-corrected chi connectivity index (χ3v) is 4.95. The van der Waals surface area contributed by atoms with Gasteiger partial charge in [0.15, 0.2) is 11.7 Å². The van der Waals surface area contributed by atoms with E-state index in [9.17, 15) is 9.18 Å². The highest BCUT2D eigenvalue weighted by Gasteiger charge is 2.16. The molecule has 0 heterocycles. The fourth-order valence-electron chi connectivity index (χ4n) is 3.16. The lowest BCUT2D eigenvalue weighted by molar-refractivity contribution is -0.155. The van der Waals surface area contributed by atoms with Crippen molar-refractivity contribution < 1.29 is 34.5 Å². The van der Waals surface area contributed by atoms with Gasteiger partial charge in [0.1, 0.15) is 11.4 Å². The summed E-state index contributed by atoms with van der Waals surface area (Å²) in [5.41, 5.74) is 12.7. The van der Waals surface area contributed by atoms with Crippen LogP contribution in [0.4, 0.5) is 10.1 Å². The van der Waals surface area contributed by atoms with E-state index in [1.807, 2.05) is 32.7 Å². The molecule has 0 aliphatic rings. The molecule has 0 bridgehead atoms. The molecule has 2 aromatic rings. The zero-order chi connectivity index (χ0) is 29.6. The highest BCUT2D eigenvalue weighted by molar-refractivity contribution is 5.98. The van der Waals surface area contributed by atoms with Gasteiger partial charge < -0.3 is 47.0 Å². The first kappa shape index (κ1) is 33.1. The van der Waals surface area contributed by atoms with E-state index in [-0.39, 0.29) is 37.2 Å². The lowest BCUT2D eigenvalue weighted by Gasteiger charge is -2.21. The summed E-state index contributed by atoms with van der Waals surface area (Å²) in [6.07, 6.45) is -0.566. The molecule has 1 atom stereocenters. The van der Waals surface area contributed by atoms with Crippen LogP contribution in [0.15, 0.2) is 52.8 Å². The number of hydrogen-bond donors (Lipinski definition) is 7. The molecule has 0 saturated heterocycles. The summed E-state index contributed by atoms with van der Waals surface area (Å²) in [6.45, 7) is 6.28. The number of benzene rings is 2. The standard InChI is InChI=1S/C16H24FN3O3.C10H15N3O3/c1-16(2,3)23-14(21)5-6-20(4)10-11-7-12(15(18)19-22)9-13(17)8-11;11-10(13-16)7-2-1-3-8(4-7)12-5-9(15)6-14/h7-9,22H,5-6,10H2,1-4H3,(H2,18,19);1-4,9,12,14-16H,5-6H2,(H2,11,13). The number of carbonyl (C=O) groups excluding carboxylic acids is 1. The molecular formula is C26H39FN6O6. The predicted octanol–water partition coefficient (Wildman–Crippen LogP) is 1.63. The van der Waals surface area contributed by atoms with Crippen LogP contribution in [0.1, 0.15) is 43.9 Å². The van der Waals surface area contributed by atoms with Crippen LogP contribution in [0.3, 0.4) is 0 Å². The Kier molecular flexibility index (Phi) is 13.7. The number of aliphatic hydroxyl groups is 2. The van der Waals surface area contributed by atoms with Crippen molar-refractivity contribution in [3.8, 4) is 0 Å². The molecule has 0 saturated carbocycles. The number of nitrogens with one attached hydrogen (secondary N) is 1. The number of ether oxygens (including phenoxy) is 1. The minimum atomic E-state index is -0.812. The molecule has 39 heavy (non-hydrogen) atoms. The number of rotatable bonds is 11. The van der Waals surface area contributed by atoms with Crippen molar-refractivity contribution in [2.45, 2.75) is 45.4 Å². The van der Waals surface area contributed by atoms with Gasteiger partial charge in [-0.25, -0.2) is 4.39 Å². The Morgan fingerprint density at radius 1 is 1.10 bits per heavy atom. The highest BCUT2D eigenvalue weighted by Crippen LogP contribution is 2.13. The van der Waals surface area contributed by atoms with Crippen LogP contribution in [0.2, 0.25) is 0 Å². The Balaban J connectivity index is 0.000000416. The first-order chi connectivity index (χ1) is 18.3. The van der Waals surface area contributed by atoms with E-state index in [1.165, 1.54) is 12.1 Å². The molecule has 0 radical (unpaired) electrons.